The second-order valence-electron chi connectivity index (χ2n) is 8.45. The number of carbonyl (C=O) groups is 4. The van der Waals surface area contributed by atoms with Crippen LogP contribution in [-0.2, 0) is 11.3 Å². The van der Waals surface area contributed by atoms with E-state index in [0.29, 0.717) is 16.7 Å². The maximum Gasteiger partial charge on any atom is 0.404 e. The molecule has 178 valence electrons. The van der Waals surface area contributed by atoms with Crippen LogP contribution in [0, 0.1) is 0 Å². The van der Waals surface area contributed by atoms with Gasteiger partial charge in [0.2, 0.25) is 5.92 Å². The van der Waals surface area contributed by atoms with Crippen LogP contribution in [0.2, 0.25) is 0 Å². The third kappa shape index (κ3) is 4.59. The molecule has 1 aromatic carbocycles. The Morgan fingerprint density at radius 1 is 1.09 bits per heavy atom. The Morgan fingerprint density at radius 3 is 2.41 bits per heavy atom. The van der Waals surface area contributed by atoms with Crippen molar-refractivity contribution in [2.45, 2.75) is 43.7 Å². The number of nitrogens with zero attached hydrogens (tertiary/aromatic N) is 2. The minimum atomic E-state index is -2.86. The molecule has 1 aliphatic carbocycles. The summed E-state index contributed by atoms with van der Waals surface area (Å²) in [6.07, 6.45) is 0.617. The van der Waals surface area contributed by atoms with Crippen LogP contribution in [0.4, 0.5) is 18.4 Å². The molecule has 1 saturated heterocycles. The van der Waals surface area contributed by atoms with Crippen molar-refractivity contribution in [3.8, 4) is 11.1 Å². The molecule has 4 amide bonds. The lowest BCUT2D eigenvalue weighted by molar-refractivity contribution is -0.135. The van der Waals surface area contributed by atoms with Crippen LogP contribution in [0.5, 0.6) is 0 Å². The number of Topliss-reactive ketones (excluding diaryl/α,β-unsaturated/α-hetero) is 1. The second-order valence-corrected chi connectivity index (χ2v) is 8.45. The van der Waals surface area contributed by atoms with Gasteiger partial charge in [0, 0.05) is 42.9 Å². The van der Waals surface area contributed by atoms with E-state index in [-0.39, 0.29) is 24.9 Å². The average molecular weight is 472 g/mol. The first-order valence-corrected chi connectivity index (χ1v) is 10.7. The Bertz CT molecular complexity index is 1140. The smallest absolute Gasteiger partial charge is 0.404 e. The Morgan fingerprint density at radius 2 is 1.76 bits per heavy atom. The standard InChI is InChI=1S/C23H22F2N4O5/c24-23(25)8-6-22(7-9-23)19(31)29(20(32)28-22)13-18(30)15-3-1-14(2-4-15)17-12-26-10-5-16(17)11-27-21(33)34/h1-5,10,12,27H,6-9,11,13H2,(H,28,32)(H,33,34). The lowest BCUT2D eigenvalue weighted by Crippen LogP contribution is -2.51. The highest BCUT2D eigenvalue weighted by Crippen LogP contribution is 2.41. The number of halogens is 2. The number of benzene rings is 1. The number of carboxylic acid groups (broad SMARTS) is 1. The van der Waals surface area contributed by atoms with Crippen LogP contribution in [0.15, 0.2) is 42.7 Å². The molecule has 1 aliphatic heterocycles. The van der Waals surface area contributed by atoms with Gasteiger partial charge in [-0.05, 0) is 30.0 Å². The second kappa shape index (κ2) is 8.81. The van der Waals surface area contributed by atoms with Gasteiger partial charge in [0.1, 0.15) is 5.54 Å². The summed E-state index contributed by atoms with van der Waals surface area (Å²) in [4.78, 5) is 53.7. The van der Waals surface area contributed by atoms with Gasteiger partial charge in [-0.2, -0.15) is 0 Å². The van der Waals surface area contributed by atoms with Crippen LogP contribution in [0.25, 0.3) is 11.1 Å². The molecule has 1 saturated carbocycles. The van der Waals surface area contributed by atoms with Crippen molar-refractivity contribution in [2.24, 2.45) is 0 Å². The largest absolute Gasteiger partial charge is 0.465 e. The molecule has 3 N–H and O–H groups in total. The molecule has 0 atom stereocenters. The first kappa shape index (κ1) is 23.3. The van der Waals surface area contributed by atoms with E-state index in [1.807, 2.05) is 0 Å². The summed E-state index contributed by atoms with van der Waals surface area (Å²) in [5, 5.41) is 13.7. The molecule has 2 heterocycles. The summed E-state index contributed by atoms with van der Waals surface area (Å²) in [6, 6.07) is 7.31. The summed E-state index contributed by atoms with van der Waals surface area (Å²) in [5.41, 5.74) is 0.960. The van der Waals surface area contributed by atoms with Crippen LogP contribution in [0.3, 0.4) is 0 Å². The van der Waals surface area contributed by atoms with E-state index < -0.39 is 54.7 Å². The summed E-state index contributed by atoms with van der Waals surface area (Å²) < 4.78 is 27.1. The molecule has 34 heavy (non-hydrogen) atoms. The molecule has 0 bridgehead atoms. The predicted octanol–water partition coefficient (Wildman–Crippen LogP) is 3.20. The third-order valence-electron chi connectivity index (χ3n) is 6.24. The van der Waals surface area contributed by atoms with Crippen molar-refractivity contribution in [3.63, 3.8) is 0 Å². The molecule has 1 spiro atoms. The molecule has 0 unspecified atom stereocenters. The van der Waals surface area contributed by atoms with E-state index in [2.05, 4.69) is 15.6 Å². The molecule has 2 aromatic rings. The molecule has 9 nitrogen and oxygen atoms in total. The number of urea groups is 1. The summed E-state index contributed by atoms with van der Waals surface area (Å²) in [7, 11) is 0. The lowest BCUT2D eigenvalue weighted by atomic mass is 9.80. The van der Waals surface area contributed by atoms with Gasteiger partial charge < -0.3 is 15.7 Å². The molecule has 4 rings (SSSR count). The number of nitrogens with one attached hydrogen (secondary N) is 2. The van der Waals surface area contributed by atoms with Crippen molar-refractivity contribution >= 4 is 23.8 Å². The number of imide groups is 1. The summed E-state index contributed by atoms with van der Waals surface area (Å²) in [5.74, 6) is -3.99. The Labute approximate surface area is 193 Å². The maximum absolute atomic E-state index is 13.5. The van der Waals surface area contributed by atoms with Crippen molar-refractivity contribution in [1.29, 1.82) is 0 Å². The zero-order valence-corrected chi connectivity index (χ0v) is 18.0. The Balaban J connectivity index is 1.46. The fraction of sp³-hybridized carbons (Fsp3) is 0.348. The summed E-state index contributed by atoms with van der Waals surface area (Å²) in [6.45, 7) is -0.420. The maximum atomic E-state index is 13.5. The van der Waals surface area contributed by atoms with Crippen LogP contribution >= 0.6 is 0 Å². The van der Waals surface area contributed by atoms with E-state index in [1.165, 1.54) is 12.1 Å². The van der Waals surface area contributed by atoms with Crippen molar-refractivity contribution in [2.75, 3.05) is 6.54 Å². The van der Waals surface area contributed by atoms with Gasteiger partial charge in [-0.1, -0.05) is 24.3 Å². The molecule has 2 aliphatic rings. The Hall–Kier alpha value is -3.89. The number of hydrogen-bond donors (Lipinski definition) is 3. The zero-order valence-electron chi connectivity index (χ0n) is 18.0. The number of carbonyl (C=O) groups excluding carboxylic acids is 3. The van der Waals surface area contributed by atoms with E-state index in [1.54, 1.807) is 30.6 Å². The topological polar surface area (TPSA) is 129 Å². The van der Waals surface area contributed by atoms with Crippen molar-refractivity contribution in [1.82, 2.24) is 20.5 Å². The first-order chi connectivity index (χ1) is 16.1. The highest BCUT2D eigenvalue weighted by atomic mass is 19.3. The normalized spacial score (nSPS) is 18.6. The monoisotopic (exact) mass is 472 g/mol. The third-order valence-corrected chi connectivity index (χ3v) is 6.24. The first-order valence-electron chi connectivity index (χ1n) is 10.7. The highest BCUT2D eigenvalue weighted by molar-refractivity contribution is 6.11. The van der Waals surface area contributed by atoms with E-state index >= 15 is 0 Å². The number of ketones is 1. The average Bonchev–Trinajstić information content (AvgIpc) is 3.04. The molecular weight excluding hydrogens is 450 g/mol. The Kier molecular flexibility index (Phi) is 6.03. The minimum Gasteiger partial charge on any atom is -0.465 e. The minimum absolute atomic E-state index is 0.0771. The van der Waals surface area contributed by atoms with Gasteiger partial charge in [-0.15, -0.1) is 0 Å². The quantitative estimate of drug-likeness (QED) is 0.438. The molecule has 1 aromatic heterocycles. The molecular formula is C23H22F2N4O5. The number of hydrogen-bond acceptors (Lipinski definition) is 5. The van der Waals surface area contributed by atoms with Crippen LogP contribution in [0.1, 0.15) is 41.6 Å². The van der Waals surface area contributed by atoms with Crippen molar-refractivity contribution in [3.05, 3.63) is 53.9 Å². The van der Waals surface area contributed by atoms with Crippen LogP contribution in [-0.4, -0.2) is 56.8 Å². The fourth-order valence-corrected chi connectivity index (χ4v) is 4.28. The zero-order chi connectivity index (χ0) is 24.5. The van der Waals surface area contributed by atoms with E-state index in [4.69, 9.17) is 5.11 Å². The van der Waals surface area contributed by atoms with Gasteiger partial charge in [0.15, 0.2) is 5.78 Å². The van der Waals surface area contributed by atoms with Crippen molar-refractivity contribution < 1.29 is 33.1 Å². The number of rotatable bonds is 6. The molecule has 0 radical (unpaired) electrons. The van der Waals surface area contributed by atoms with Gasteiger partial charge in [0.25, 0.3) is 5.91 Å². The SMILES string of the molecule is O=C(O)NCc1ccncc1-c1ccc(C(=O)CN2C(=O)NC3(CCC(F)(F)CC3)C2=O)cc1. The highest BCUT2D eigenvalue weighted by Gasteiger charge is 2.55. The van der Waals surface area contributed by atoms with Gasteiger partial charge in [-0.3, -0.25) is 19.5 Å². The number of pyridine rings is 1. The summed E-state index contributed by atoms with van der Waals surface area (Å²) >= 11 is 0. The van der Waals surface area contributed by atoms with Gasteiger partial charge in [-0.25, -0.2) is 18.4 Å². The van der Waals surface area contributed by atoms with E-state index in [9.17, 15) is 28.0 Å². The van der Waals surface area contributed by atoms with Crippen LogP contribution < -0.4 is 10.6 Å². The van der Waals surface area contributed by atoms with Gasteiger partial charge >= 0.3 is 12.1 Å². The van der Waals surface area contributed by atoms with Gasteiger partial charge in [0.05, 0.1) is 6.54 Å². The molecule has 2 fully saturated rings. The number of alkyl halides is 2. The fourth-order valence-electron chi connectivity index (χ4n) is 4.28. The number of aromatic nitrogens is 1. The predicted molar refractivity (Wildman–Crippen MR) is 115 cm³/mol. The molecule has 11 heteroatoms. The number of amides is 4. The van der Waals surface area contributed by atoms with E-state index in [0.717, 1.165) is 4.90 Å². The lowest BCUT2D eigenvalue weighted by Gasteiger charge is -2.34.